The zero-order chi connectivity index (χ0) is 19.4. The molecule has 0 unspecified atom stereocenters. The van der Waals surface area contributed by atoms with Gasteiger partial charge < -0.3 is 15.3 Å². The van der Waals surface area contributed by atoms with Gasteiger partial charge in [0.05, 0.1) is 12.2 Å². The predicted octanol–water partition coefficient (Wildman–Crippen LogP) is 4.76. The average Bonchev–Trinajstić information content (AvgIpc) is 2.97. The van der Waals surface area contributed by atoms with Crippen LogP contribution in [0.25, 0.3) is 0 Å². The van der Waals surface area contributed by atoms with Crippen LogP contribution in [0.1, 0.15) is 84.5 Å². The Hall–Kier alpha value is -0.640. The minimum absolute atomic E-state index is 0.322. The van der Waals surface area contributed by atoms with Gasteiger partial charge in [0.25, 0.3) is 0 Å². The smallest absolute Gasteiger partial charge is 0.0602 e. The van der Waals surface area contributed by atoms with Gasteiger partial charge in [-0.1, -0.05) is 50.0 Å². The predicted molar refractivity (Wildman–Crippen MR) is 110 cm³/mol. The highest BCUT2D eigenvalue weighted by Gasteiger charge is 2.50. The molecule has 0 aliphatic heterocycles. The minimum atomic E-state index is -0.384. The van der Waals surface area contributed by atoms with Crippen LogP contribution in [0.5, 0.6) is 0 Å². The number of allylic oxidation sites excluding steroid dienone is 3. The summed E-state index contributed by atoms with van der Waals surface area (Å²) < 4.78 is 0. The van der Waals surface area contributed by atoms with Gasteiger partial charge in [-0.25, -0.2) is 0 Å². The first-order chi connectivity index (χ1) is 12.9. The summed E-state index contributed by atoms with van der Waals surface area (Å²) in [6.45, 7) is 5.29. The first-order valence-corrected chi connectivity index (χ1v) is 11.3. The van der Waals surface area contributed by atoms with E-state index in [1.54, 1.807) is 5.57 Å². The minimum Gasteiger partial charge on any atom is -0.396 e. The van der Waals surface area contributed by atoms with E-state index in [9.17, 15) is 10.2 Å². The fraction of sp³-hybridized carbons (Fsp3) is 0.833. The molecule has 0 saturated heterocycles. The Bertz CT molecular complexity index is 540. The van der Waals surface area contributed by atoms with E-state index in [1.165, 1.54) is 44.1 Å². The molecule has 3 rings (SSSR count). The number of unbranched alkanes of at least 4 members (excludes halogenated alkanes) is 1. The molecule has 0 bridgehead atoms. The maximum Gasteiger partial charge on any atom is 0.0602 e. The van der Waals surface area contributed by atoms with Gasteiger partial charge in [0.1, 0.15) is 0 Å². The van der Waals surface area contributed by atoms with Gasteiger partial charge in [-0.05, 0) is 81.0 Å². The zero-order valence-corrected chi connectivity index (χ0v) is 17.4. The van der Waals surface area contributed by atoms with Gasteiger partial charge in [0.2, 0.25) is 0 Å². The van der Waals surface area contributed by atoms with Crippen LogP contribution in [-0.4, -0.2) is 34.1 Å². The molecule has 0 aromatic heterocycles. The van der Waals surface area contributed by atoms with Crippen LogP contribution in [0, 0.1) is 23.2 Å². The number of aliphatic hydroxyl groups excluding tert-OH is 3. The number of hydrogen-bond donors (Lipinski definition) is 3. The fourth-order valence-corrected chi connectivity index (χ4v) is 6.52. The highest BCUT2D eigenvalue weighted by molar-refractivity contribution is 5.26. The second-order valence-electron chi connectivity index (χ2n) is 9.81. The molecular formula is C24H40O3. The Morgan fingerprint density at radius 3 is 2.56 bits per heavy atom. The Morgan fingerprint density at radius 2 is 1.85 bits per heavy atom. The lowest BCUT2D eigenvalue weighted by atomic mass is 9.60. The molecule has 0 aromatic rings. The lowest BCUT2D eigenvalue weighted by Gasteiger charge is -2.44. The molecule has 3 nitrogen and oxygen atoms in total. The Kier molecular flexibility index (Phi) is 7.21. The molecule has 3 aliphatic rings. The van der Waals surface area contributed by atoms with Crippen LogP contribution in [0.3, 0.4) is 0 Å². The summed E-state index contributed by atoms with van der Waals surface area (Å²) in [5.41, 5.74) is 3.23. The normalized spacial score (nSPS) is 39.4. The largest absolute Gasteiger partial charge is 0.396 e. The molecule has 6 atom stereocenters. The average molecular weight is 377 g/mol. The van der Waals surface area contributed by atoms with Gasteiger partial charge in [-0.15, -0.1) is 0 Å². The maximum atomic E-state index is 9.93. The maximum absolute atomic E-state index is 9.93. The first kappa shape index (κ1) is 21.1. The Morgan fingerprint density at radius 1 is 1.11 bits per heavy atom. The van der Waals surface area contributed by atoms with Crippen LogP contribution in [-0.2, 0) is 0 Å². The molecule has 3 fully saturated rings. The first-order valence-electron chi connectivity index (χ1n) is 11.3. The van der Waals surface area contributed by atoms with Crippen LogP contribution in [0.15, 0.2) is 23.3 Å². The highest BCUT2D eigenvalue weighted by Crippen LogP contribution is 2.59. The van der Waals surface area contributed by atoms with Gasteiger partial charge >= 0.3 is 0 Å². The van der Waals surface area contributed by atoms with Crippen LogP contribution < -0.4 is 0 Å². The van der Waals surface area contributed by atoms with Crippen LogP contribution in [0.2, 0.25) is 0 Å². The van der Waals surface area contributed by atoms with E-state index in [-0.39, 0.29) is 12.2 Å². The Balaban J connectivity index is 1.69. The summed E-state index contributed by atoms with van der Waals surface area (Å²) in [7, 11) is 0. The van der Waals surface area contributed by atoms with Crippen molar-refractivity contribution in [2.75, 3.05) is 6.61 Å². The molecule has 3 saturated carbocycles. The second-order valence-corrected chi connectivity index (χ2v) is 9.81. The van der Waals surface area contributed by atoms with E-state index >= 15 is 0 Å². The van der Waals surface area contributed by atoms with Crippen molar-refractivity contribution >= 4 is 0 Å². The molecule has 0 aromatic carbocycles. The molecular weight excluding hydrogens is 336 g/mol. The highest BCUT2D eigenvalue weighted by atomic mass is 16.3. The summed E-state index contributed by atoms with van der Waals surface area (Å²) in [6.07, 6.45) is 15.6. The molecule has 0 radical (unpaired) electrons. The van der Waals surface area contributed by atoms with E-state index in [0.717, 1.165) is 24.7 Å². The molecule has 3 heteroatoms. The van der Waals surface area contributed by atoms with Crippen LogP contribution >= 0.6 is 0 Å². The molecule has 27 heavy (non-hydrogen) atoms. The standard InChI is InChI=1S/C24H40O3/c1-17(6-3-4-13-25)22-10-11-23-19(7-5-12-24(22,23)2)9-8-18-14-20(26)16-21(27)15-18/h8-9,17,20-23,25-27H,3-7,10-16H2,1-2H3/b19-9+/t17-,20-,21-,22-,23+,24-/m1/s1. The van der Waals surface area contributed by atoms with Crippen molar-refractivity contribution in [1.29, 1.82) is 0 Å². The van der Waals surface area contributed by atoms with Crippen molar-refractivity contribution < 1.29 is 15.3 Å². The second kappa shape index (κ2) is 9.24. The van der Waals surface area contributed by atoms with E-state index in [1.807, 2.05) is 0 Å². The lowest BCUT2D eigenvalue weighted by molar-refractivity contribution is 0.0609. The van der Waals surface area contributed by atoms with Crippen molar-refractivity contribution in [2.45, 2.75) is 96.7 Å². The van der Waals surface area contributed by atoms with Crippen LogP contribution in [0.4, 0.5) is 0 Å². The molecule has 154 valence electrons. The summed E-state index contributed by atoms with van der Waals surface area (Å²) >= 11 is 0. The van der Waals surface area contributed by atoms with E-state index in [2.05, 4.69) is 26.0 Å². The Labute approximate surface area is 165 Å². The number of aliphatic hydroxyl groups is 3. The molecule has 0 spiro atoms. The SMILES string of the molecule is C[C@H](CCCCO)[C@H]1CC[C@H]2/C(=C/C=C3C[C@@H](O)C[C@H](O)C3)CCC[C@]12C. The number of fused-ring (bicyclic) bond motifs is 1. The van der Waals surface area contributed by atoms with E-state index in [4.69, 9.17) is 5.11 Å². The number of hydrogen-bond acceptors (Lipinski definition) is 3. The van der Waals surface area contributed by atoms with Crippen molar-refractivity contribution in [3.8, 4) is 0 Å². The lowest BCUT2D eigenvalue weighted by Crippen LogP contribution is -2.36. The van der Waals surface area contributed by atoms with Crippen molar-refractivity contribution in [1.82, 2.24) is 0 Å². The molecule has 0 heterocycles. The summed E-state index contributed by atoms with van der Waals surface area (Å²) in [6, 6.07) is 0. The summed E-state index contributed by atoms with van der Waals surface area (Å²) in [5, 5.41) is 28.9. The zero-order valence-electron chi connectivity index (χ0n) is 17.4. The fourth-order valence-electron chi connectivity index (χ4n) is 6.52. The van der Waals surface area contributed by atoms with Crippen molar-refractivity contribution in [3.05, 3.63) is 23.3 Å². The van der Waals surface area contributed by atoms with Gasteiger partial charge in [-0.2, -0.15) is 0 Å². The van der Waals surface area contributed by atoms with Gasteiger partial charge in [0, 0.05) is 6.61 Å². The third-order valence-electron chi connectivity index (χ3n) is 7.87. The number of rotatable bonds is 6. The quantitative estimate of drug-likeness (QED) is 0.586. The molecule has 3 aliphatic carbocycles. The topological polar surface area (TPSA) is 60.7 Å². The van der Waals surface area contributed by atoms with Crippen molar-refractivity contribution in [3.63, 3.8) is 0 Å². The summed E-state index contributed by atoms with van der Waals surface area (Å²) in [4.78, 5) is 0. The monoisotopic (exact) mass is 376 g/mol. The van der Waals surface area contributed by atoms with E-state index in [0.29, 0.717) is 37.2 Å². The third kappa shape index (κ3) is 4.86. The van der Waals surface area contributed by atoms with Gasteiger partial charge in [0.15, 0.2) is 0 Å². The summed E-state index contributed by atoms with van der Waals surface area (Å²) in [5.74, 6) is 2.25. The third-order valence-corrected chi connectivity index (χ3v) is 7.87. The molecule has 0 amide bonds. The molecule has 3 N–H and O–H groups in total. The van der Waals surface area contributed by atoms with Crippen molar-refractivity contribution in [2.24, 2.45) is 23.2 Å². The van der Waals surface area contributed by atoms with E-state index < -0.39 is 0 Å². The van der Waals surface area contributed by atoms with Gasteiger partial charge in [-0.3, -0.25) is 0 Å².